The number of aryl methyl sites for hydroxylation is 1. The second kappa shape index (κ2) is 4.33. The predicted molar refractivity (Wildman–Crippen MR) is 56.1 cm³/mol. The van der Waals surface area contributed by atoms with E-state index in [1.54, 1.807) is 12.4 Å². The van der Waals surface area contributed by atoms with Gasteiger partial charge in [0.15, 0.2) is 5.78 Å². The number of Topliss-reactive ketones (excluding diaryl/α,β-unsaturated/α-hetero) is 1. The Balaban J connectivity index is 2.89. The highest BCUT2D eigenvalue weighted by Crippen LogP contribution is 2.11. The zero-order valence-corrected chi connectivity index (χ0v) is 8.82. The van der Waals surface area contributed by atoms with Crippen LogP contribution in [0.5, 0.6) is 0 Å². The molecule has 0 aliphatic rings. The first-order chi connectivity index (χ1) is 6.52. The van der Waals surface area contributed by atoms with E-state index in [0.29, 0.717) is 5.56 Å². The van der Waals surface area contributed by atoms with Crippen LogP contribution in [-0.4, -0.2) is 16.8 Å². The Labute approximate surface area is 84.3 Å². The van der Waals surface area contributed by atoms with E-state index in [2.05, 4.69) is 4.98 Å². The molecule has 1 rings (SSSR count). The Bertz CT molecular complexity index is 334. The zero-order valence-electron chi connectivity index (χ0n) is 8.82. The van der Waals surface area contributed by atoms with E-state index in [9.17, 15) is 4.79 Å². The van der Waals surface area contributed by atoms with Crippen LogP contribution in [0.1, 0.15) is 29.8 Å². The van der Waals surface area contributed by atoms with Crippen LogP contribution in [0.3, 0.4) is 0 Å². The molecule has 0 fully saturated rings. The van der Waals surface area contributed by atoms with Crippen LogP contribution in [-0.2, 0) is 0 Å². The number of carbonyl (C=O) groups excluding carboxylic acids is 1. The molecule has 0 saturated heterocycles. The first kappa shape index (κ1) is 10.9. The molecule has 0 saturated carbocycles. The van der Waals surface area contributed by atoms with E-state index < -0.39 is 0 Å². The monoisotopic (exact) mass is 192 g/mol. The maximum absolute atomic E-state index is 11.8. The Hall–Kier alpha value is -1.22. The number of hydrogen-bond donors (Lipinski definition) is 1. The van der Waals surface area contributed by atoms with Gasteiger partial charge in [0.25, 0.3) is 0 Å². The number of hydrogen-bond acceptors (Lipinski definition) is 3. The minimum absolute atomic E-state index is 0.0659. The normalized spacial score (nSPS) is 14.9. The molecule has 2 atom stereocenters. The minimum atomic E-state index is -0.154. The van der Waals surface area contributed by atoms with Gasteiger partial charge in [0, 0.05) is 29.9 Å². The van der Waals surface area contributed by atoms with Gasteiger partial charge in [0.1, 0.15) is 0 Å². The average Bonchev–Trinajstić information content (AvgIpc) is 2.15. The summed E-state index contributed by atoms with van der Waals surface area (Å²) in [5.74, 6) is -0.0881. The number of nitrogens with two attached hydrogens (primary N) is 1. The molecule has 0 spiro atoms. The minimum Gasteiger partial charge on any atom is -0.327 e. The van der Waals surface area contributed by atoms with Crippen molar-refractivity contribution in [2.75, 3.05) is 0 Å². The van der Waals surface area contributed by atoms with E-state index in [-0.39, 0.29) is 17.7 Å². The zero-order chi connectivity index (χ0) is 10.7. The molecular weight excluding hydrogens is 176 g/mol. The lowest BCUT2D eigenvalue weighted by Crippen LogP contribution is -2.30. The second-order valence-electron chi connectivity index (χ2n) is 3.76. The van der Waals surface area contributed by atoms with Gasteiger partial charge in [0.05, 0.1) is 0 Å². The lowest BCUT2D eigenvalue weighted by Gasteiger charge is -2.13. The van der Waals surface area contributed by atoms with Gasteiger partial charge in [-0.15, -0.1) is 0 Å². The summed E-state index contributed by atoms with van der Waals surface area (Å²) in [5.41, 5.74) is 7.31. The van der Waals surface area contributed by atoms with Gasteiger partial charge in [-0.3, -0.25) is 9.78 Å². The fourth-order valence-electron chi connectivity index (χ4n) is 1.19. The van der Waals surface area contributed by atoms with Crippen LogP contribution in [0.2, 0.25) is 0 Å². The van der Waals surface area contributed by atoms with Crippen LogP contribution < -0.4 is 5.73 Å². The fraction of sp³-hybridized carbons (Fsp3) is 0.455. The third kappa shape index (κ3) is 2.39. The summed E-state index contributed by atoms with van der Waals surface area (Å²) >= 11 is 0. The third-order valence-electron chi connectivity index (χ3n) is 2.36. The Kier molecular flexibility index (Phi) is 3.36. The van der Waals surface area contributed by atoms with Crippen molar-refractivity contribution in [2.24, 2.45) is 11.7 Å². The van der Waals surface area contributed by atoms with Crippen LogP contribution in [0.15, 0.2) is 18.5 Å². The molecule has 76 valence electrons. The van der Waals surface area contributed by atoms with Crippen LogP contribution >= 0.6 is 0 Å². The van der Waals surface area contributed by atoms with Crippen molar-refractivity contribution in [3.63, 3.8) is 0 Å². The van der Waals surface area contributed by atoms with E-state index in [1.807, 2.05) is 26.8 Å². The number of carbonyl (C=O) groups is 1. The Morgan fingerprint density at radius 1 is 1.43 bits per heavy atom. The third-order valence-corrected chi connectivity index (χ3v) is 2.36. The number of ketones is 1. The molecule has 0 amide bonds. The Morgan fingerprint density at radius 2 is 2.07 bits per heavy atom. The highest BCUT2D eigenvalue weighted by Gasteiger charge is 2.18. The SMILES string of the molecule is Cc1cncc(C(=O)C(C)C(C)N)c1. The molecule has 2 unspecified atom stereocenters. The molecular formula is C11H16N2O. The van der Waals surface area contributed by atoms with Crippen LogP contribution in [0.25, 0.3) is 0 Å². The maximum atomic E-state index is 11.8. The van der Waals surface area contributed by atoms with Gasteiger partial charge in [-0.05, 0) is 25.5 Å². The van der Waals surface area contributed by atoms with Gasteiger partial charge in [-0.1, -0.05) is 6.92 Å². The van der Waals surface area contributed by atoms with Gasteiger partial charge in [0.2, 0.25) is 0 Å². The molecule has 3 nitrogen and oxygen atoms in total. The first-order valence-electron chi connectivity index (χ1n) is 4.74. The summed E-state index contributed by atoms with van der Waals surface area (Å²) in [4.78, 5) is 15.8. The number of nitrogens with zero attached hydrogens (tertiary/aromatic N) is 1. The van der Waals surface area contributed by atoms with Crippen molar-refractivity contribution in [1.82, 2.24) is 4.98 Å². The molecule has 0 aliphatic heterocycles. The molecule has 0 aromatic carbocycles. The molecule has 3 heteroatoms. The molecule has 0 radical (unpaired) electrons. The average molecular weight is 192 g/mol. The lowest BCUT2D eigenvalue weighted by molar-refractivity contribution is 0.0916. The van der Waals surface area contributed by atoms with Crippen molar-refractivity contribution in [3.05, 3.63) is 29.6 Å². The lowest BCUT2D eigenvalue weighted by atomic mass is 9.94. The van der Waals surface area contributed by atoms with Gasteiger partial charge in [-0.2, -0.15) is 0 Å². The molecule has 1 aromatic heterocycles. The van der Waals surface area contributed by atoms with Crippen molar-refractivity contribution in [2.45, 2.75) is 26.8 Å². The number of aromatic nitrogens is 1. The standard InChI is InChI=1S/C11H16N2O/c1-7-4-10(6-13-5-7)11(14)8(2)9(3)12/h4-6,8-9H,12H2,1-3H3. The highest BCUT2D eigenvalue weighted by molar-refractivity contribution is 5.97. The summed E-state index contributed by atoms with van der Waals surface area (Å²) in [7, 11) is 0. The molecule has 0 bridgehead atoms. The van der Waals surface area contributed by atoms with Crippen molar-refractivity contribution < 1.29 is 4.79 Å². The largest absolute Gasteiger partial charge is 0.327 e. The van der Waals surface area contributed by atoms with Gasteiger partial charge in [-0.25, -0.2) is 0 Å². The fourth-order valence-corrected chi connectivity index (χ4v) is 1.19. The Morgan fingerprint density at radius 3 is 2.57 bits per heavy atom. The maximum Gasteiger partial charge on any atom is 0.168 e. The summed E-state index contributed by atoms with van der Waals surface area (Å²) in [6.07, 6.45) is 3.32. The van der Waals surface area contributed by atoms with E-state index >= 15 is 0 Å². The quantitative estimate of drug-likeness (QED) is 0.739. The van der Waals surface area contributed by atoms with Gasteiger partial charge >= 0.3 is 0 Å². The summed E-state index contributed by atoms with van der Waals surface area (Å²) in [5, 5.41) is 0. The smallest absolute Gasteiger partial charge is 0.168 e. The molecule has 2 N–H and O–H groups in total. The highest BCUT2D eigenvalue weighted by atomic mass is 16.1. The number of pyridine rings is 1. The van der Waals surface area contributed by atoms with Crippen LogP contribution in [0.4, 0.5) is 0 Å². The second-order valence-corrected chi connectivity index (χ2v) is 3.76. The van der Waals surface area contributed by atoms with Crippen molar-refractivity contribution in [3.8, 4) is 0 Å². The summed E-state index contributed by atoms with van der Waals surface area (Å²) in [6, 6.07) is 1.72. The van der Waals surface area contributed by atoms with Crippen LogP contribution in [0, 0.1) is 12.8 Å². The predicted octanol–water partition coefficient (Wildman–Crippen LogP) is 1.56. The van der Waals surface area contributed by atoms with E-state index in [1.165, 1.54) is 0 Å². The van der Waals surface area contributed by atoms with E-state index in [0.717, 1.165) is 5.56 Å². The van der Waals surface area contributed by atoms with Gasteiger partial charge < -0.3 is 5.73 Å². The molecule has 0 aliphatic carbocycles. The van der Waals surface area contributed by atoms with Crippen molar-refractivity contribution >= 4 is 5.78 Å². The van der Waals surface area contributed by atoms with Crippen molar-refractivity contribution in [1.29, 1.82) is 0 Å². The summed E-state index contributed by atoms with van der Waals surface area (Å²) < 4.78 is 0. The van der Waals surface area contributed by atoms with E-state index in [4.69, 9.17) is 5.73 Å². The molecule has 1 heterocycles. The summed E-state index contributed by atoms with van der Waals surface area (Å²) in [6.45, 7) is 5.60. The first-order valence-corrected chi connectivity index (χ1v) is 4.74. The molecule has 14 heavy (non-hydrogen) atoms. The number of rotatable bonds is 3. The topological polar surface area (TPSA) is 56.0 Å². The molecule has 1 aromatic rings.